The Labute approximate surface area is 128 Å². The highest BCUT2D eigenvalue weighted by atomic mass is 127. The predicted octanol–water partition coefficient (Wildman–Crippen LogP) is 5.05. The van der Waals surface area contributed by atoms with Gasteiger partial charge in [0.15, 0.2) is 5.78 Å². The molecule has 0 aliphatic carbocycles. The van der Waals surface area contributed by atoms with Crippen LogP contribution in [0.3, 0.4) is 0 Å². The van der Waals surface area contributed by atoms with Crippen molar-refractivity contribution >= 4 is 44.3 Å². The van der Waals surface area contributed by atoms with Crippen LogP contribution in [0.15, 0.2) is 46.9 Å². The van der Waals surface area contributed by atoms with E-state index in [1.807, 2.05) is 30.3 Å². The number of ether oxygens (including phenoxy) is 1. The Bertz CT molecular complexity index is 596. The van der Waals surface area contributed by atoms with Gasteiger partial charge in [-0.2, -0.15) is 0 Å². The highest BCUT2D eigenvalue weighted by Crippen LogP contribution is 2.31. The van der Waals surface area contributed by atoms with E-state index in [-0.39, 0.29) is 5.78 Å². The number of rotatable bonds is 3. The summed E-state index contributed by atoms with van der Waals surface area (Å²) in [6.45, 7) is 1.53. The van der Waals surface area contributed by atoms with Crippen molar-refractivity contribution in [2.45, 2.75) is 6.92 Å². The van der Waals surface area contributed by atoms with E-state index in [0.717, 1.165) is 13.8 Å². The van der Waals surface area contributed by atoms with Crippen LogP contribution in [0.4, 0.5) is 0 Å². The number of hydrogen-bond donors (Lipinski definition) is 0. The van der Waals surface area contributed by atoms with Gasteiger partial charge in [0, 0.05) is 4.47 Å². The van der Waals surface area contributed by atoms with E-state index in [1.165, 1.54) is 6.92 Å². The average Bonchev–Trinajstić information content (AvgIpc) is 2.32. The van der Waals surface area contributed by atoms with Crippen molar-refractivity contribution in [2.75, 3.05) is 0 Å². The van der Waals surface area contributed by atoms with Crippen molar-refractivity contribution in [1.29, 1.82) is 0 Å². The minimum Gasteiger partial charge on any atom is -0.455 e. The third-order valence-corrected chi connectivity index (χ3v) is 3.76. The molecule has 0 aliphatic rings. The van der Waals surface area contributed by atoms with Crippen molar-refractivity contribution in [2.24, 2.45) is 0 Å². The number of carbonyl (C=O) groups is 1. The third-order valence-electron chi connectivity index (χ3n) is 2.38. The van der Waals surface area contributed by atoms with Gasteiger partial charge in [0.2, 0.25) is 0 Å². The summed E-state index contributed by atoms with van der Waals surface area (Å²) in [5.74, 6) is 1.31. The minimum absolute atomic E-state index is 0.0107. The zero-order valence-electron chi connectivity index (χ0n) is 9.61. The fourth-order valence-electron chi connectivity index (χ4n) is 1.52. The van der Waals surface area contributed by atoms with E-state index in [1.54, 1.807) is 12.1 Å². The molecule has 0 spiro atoms. The first kappa shape index (κ1) is 13.5. The molecule has 2 nitrogen and oxygen atoms in total. The molecule has 0 aliphatic heterocycles. The lowest BCUT2D eigenvalue weighted by molar-refractivity contribution is 0.101. The predicted molar refractivity (Wildman–Crippen MR) is 83.4 cm³/mol. The summed E-state index contributed by atoms with van der Waals surface area (Å²) >= 11 is 5.59. The van der Waals surface area contributed by atoms with Crippen LogP contribution in [-0.4, -0.2) is 5.78 Å². The molecule has 0 unspecified atom stereocenters. The molecule has 0 heterocycles. The lowest BCUT2D eigenvalue weighted by Crippen LogP contribution is -1.97. The van der Waals surface area contributed by atoms with E-state index in [4.69, 9.17) is 4.74 Å². The molecule has 0 amide bonds. The summed E-state index contributed by atoms with van der Waals surface area (Å²) in [6, 6.07) is 13.1. The topological polar surface area (TPSA) is 26.3 Å². The summed E-state index contributed by atoms with van der Waals surface area (Å²) in [6.07, 6.45) is 0. The summed E-state index contributed by atoms with van der Waals surface area (Å²) in [7, 11) is 0. The number of benzene rings is 2. The van der Waals surface area contributed by atoms with Crippen LogP contribution in [0.2, 0.25) is 0 Å². The van der Waals surface area contributed by atoms with Crippen LogP contribution in [0.1, 0.15) is 17.3 Å². The van der Waals surface area contributed by atoms with Gasteiger partial charge in [-0.1, -0.05) is 28.1 Å². The summed E-state index contributed by atoms with van der Waals surface area (Å²) in [5.41, 5.74) is 0.581. The number of ketones is 1. The Morgan fingerprint density at radius 2 is 1.89 bits per heavy atom. The zero-order valence-corrected chi connectivity index (χ0v) is 13.4. The highest BCUT2D eigenvalue weighted by Gasteiger charge is 2.11. The second-order valence-corrected chi connectivity index (χ2v) is 5.81. The van der Waals surface area contributed by atoms with E-state index in [0.29, 0.717) is 11.3 Å². The molecule has 18 heavy (non-hydrogen) atoms. The molecule has 0 bridgehead atoms. The molecule has 0 fully saturated rings. The van der Waals surface area contributed by atoms with Gasteiger partial charge in [0.1, 0.15) is 11.5 Å². The third kappa shape index (κ3) is 3.11. The van der Waals surface area contributed by atoms with Crippen LogP contribution in [0, 0.1) is 3.57 Å². The molecule has 92 valence electrons. The van der Waals surface area contributed by atoms with Crippen molar-refractivity contribution < 1.29 is 9.53 Å². The Morgan fingerprint density at radius 3 is 2.56 bits per heavy atom. The van der Waals surface area contributed by atoms with Gasteiger partial charge in [-0.15, -0.1) is 0 Å². The lowest BCUT2D eigenvalue weighted by atomic mass is 10.1. The van der Waals surface area contributed by atoms with Gasteiger partial charge < -0.3 is 4.74 Å². The van der Waals surface area contributed by atoms with Crippen LogP contribution in [0.25, 0.3) is 0 Å². The number of para-hydroxylation sites is 1. The van der Waals surface area contributed by atoms with Crippen LogP contribution in [0.5, 0.6) is 11.5 Å². The molecule has 0 N–H and O–H groups in total. The Kier molecular flexibility index (Phi) is 4.40. The SMILES string of the molecule is CC(=O)c1ccc(Br)cc1Oc1ccccc1I. The van der Waals surface area contributed by atoms with Gasteiger partial charge in [-0.05, 0) is 59.8 Å². The number of carbonyl (C=O) groups excluding carboxylic acids is 1. The number of halogens is 2. The van der Waals surface area contributed by atoms with Gasteiger partial charge in [-0.3, -0.25) is 4.79 Å². The van der Waals surface area contributed by atoms with Crippen molar-refractivity contribution in [1.82, 2.24) is 0 Å². The molecule has 2 aromatic rings. The zero-order chi connectivity index (χ0) is 13.1. The van der Waals surface area contributed by atoms with E-state index in [9.17, 15) is 4.79 Å². The highest BCUT2D eigenvalue weighted by molar-refractivity contribution is 14.1. The van der Waals surface area contributed by atoms with Gasteiger partial charge in [0.25, 0.3) is 0 Å². The second-order valence-electron chi connectivity index (χ2n) is 3.73. The van der Waals surface area contributed by atoms with Crippen LogP contribution >= 0.6 is 38.5 Å². The first-order chi connectivity index (χ1) is 8.58. The smallest absolute Gasteiger partial charge is 0.163 e. The van der Waals surface area contributed by atoms with E-state index >= 15 is 0 Å². The van der Waals surface area contributed by atoms with E-state index < -0.39 is 0 Å². The van der Waals surface area contributed by atoms with Crippen LogP contribution < -0.4 is 4.74 Å². The maximum atomic E-state index is 11.6. The fraction of sp³-hybridized carbons (Fsp3) is 0.0714. The van der Waals surface area contributed by atoms with Crippen molar-refractivity contribution in [3.05, 3.63) is 56.1 Å². The summed E-state index contributed by atoms with van der Waals surface area (Å²) in [5, 5.41) is 0. The fourth-order valence-corrected chi connectivity index (χ4v) is 2.36. The van der Waals surface area contributed by atoms with Crippen LogP contribution in [-0.2, 0) is 0 Å². The number of Topliss-reactive ketones (excluding diaryl/α,β-unsaturated/α-hetero) is 1. The maximum absolute atomic E-state index is 11.6. The first-order valence-electron chi connectivity index (χ1n) is 5.31. The lowest BCUT2D eigenvalue weighted by Gasteiger charge is -2.11. The normalized spacial score (nSPS) is 10.2. The van der Waals surface area contributed by atoms with Gasteiger partial charge in [0.05, 0.1) is 9.13 Å². The molecular weight excluding hydrogens is 407 g/mol. The molecule has 2 aromatic carbocycles. The Hall–Kier alpha value is -0.880. The minimum atomic E-state index is -0.0107. The molecule has 0 saturated carbocycles. The largest absolute Gasteiger partial charge is 0.455 e. The molecule has 4 heteroatoms. The van der Waals surface area contributed by atoms with Gasteiger partial charge in [-0.25, -0.2) is 0 Å². The molecule has 0 atom stereocenters. The maximum Gasteiger partial charge on any atom is 0.163 e. The molecule has 0 radical (unpaired) electrons. The number of hydrogen-bond acceptors (Lipinski definition) is 2. The molecule has 2 rings (SSSR count). The van der Waals surface area contributed by atoms with Gasteiger partial charge >= 0.3 is 0 Å². The Morgan fingerprint density at radius 1 is 1.17 bits per heavy atom. The molecule has 0 saturated heterocycles. The van der Waals surface area contributed by atoms with E-state index in [2.05, 4.69) is 38.5 Å². The van der Waals surface area contributed by atoms with Crippen molar-refractivity contribution in [3.63, 3.8) is 0 Å². The summed E-state index contributed by atoms with van der Waals surface area (Å²) in [4.78, 5) is 11.6. The Balaban J connectivity index is 2.42. The summed E-state index contributed by atoms with van der Waals surface area (Å²) < 4.78 is 7.71. The van der Waals surface area contributed by atoms with Crippen molar-refractivity contribution in [3.8, 4) is 11.5 Å². The molecular formula is C14H10BrIO2. The monoisotopic (exact) mass is 416 g/mol. The standard InChI is InChI=1S/C14H10BrIO2/c1-9(17)11-7-6-10(15)8-14(11)18-13-5-3-2-4-12(13)16/h2-8H,1H3. The molecule has 0 aromatic heterocycles. The average molecular weight is 417 g/mol. The second kappa shape index (κ2) is 5.84. The quantitative estimate of drug-likeness (QED) is 0.517. The first-order valence-corrected chi connectivity index (χ1v) is 7.18.